The van der Waals surface area contributed by atoms with Gasteiger partial charge in [-0.25, -0.2) is 0 Å². The summed E-state index contributed by atoms with van der Waals surface area (Å²) in [7, 11) is 5.66. The normalized spacial score (nSPS) is 14.2. The number of anilines is 1. The third-order valence-corrected chi connectivity index (χ3v) is 4.55. The molecule has 0 saturated carbocycles. The fraction of sp³-hybridized carbons (Fsp3) is 0.368. The Hall–Kier alpha value is -2.76. The van der Waals surface area contributed by atoms with Crippen molar-refractivity contribution in [2.45, 2.75) is 13.0 Å². The SMILES string of the molecule is Cc1cc(OC2CN(C(=O)c3ccc(N(C)C)cc3)C2)cc(=O)n1C. The van der Waals surface area contributed by atoms with Gasteiger partial charge in [-0.3, -0.25) is 9.59 Å². The second-order valence-corrected chi connectivity index (χ2v) is 6.62. The van der Waals surface area contributed by atoms with Crippen molar-refractivity contribution in [3.8, 4) is 5.75 Å². The van der Waals surface area contributed by atoms with E-state index in [0.29, 0.717) is 24.4 Å². The predicted molar refractivity (Wildman–Crippen MR) is 97.5 cm³/mol. The number of aromatic nitrogens is 1. The second kappa shape index (κ2) is 6.63. The summed E-state index contributed by atoms with van der Waals surface area (Å²) in [6.45, 7) is 2.92. The Balaban J connectivity index is 1.58. The number of carbonyl (C=O) groups excluding carboxylic acids is 1. The van der Waals surface area contributed by atoms with Gasteiger partial charge in [-0.15, -0.1) is 0 Å². The second-order valence-electron chi connectivity index (χ2n) is 6.62. The number of benzene rings is 1. The minimum Gasteiger partial charge on any atom is -0.486 e. The van der Waals surface area contributed by atoms with Crippen molar-refractivity contribution in [1.29, 1.82) is 0 Å². The molecule has 0 radical (unpaired) electrons. The fourth-order valence-electron chi connectivity index (χ4n) is 2.76. The Morgan fingerprint density at radius 1 is 1.16 bits per heavy atom. The van der Waals surface area contributed by atoms with Gasteiger partial charge in [-0.05, 0) is 37.3 Å². The summed E-state index contributed by atoms with van der Waals surface area (Å²) in [6, 6.07) is 10.9. The lowest BCUT2D eigenvalue weighted by atomic mass is 10.1. The minimum atomic E-state index is -0.0942. The van der Waals surface area contributed by atoms with Crippen molar-refractivity contribution >= 4 is 11.6 Å². The number of carbonyl (C=O) groups is 1. The number of amides is 1. The van der Waals surface area contributed by atoms with Crippen molar-refractivity contribution in [1.82, 2.24) is 9.47 Å². The number of hydrogen-bond donors (Lipinski definition) is 0. The van der Waals surface area contributed by atoms with Gasteiger partial charge in [0.2, 0.25) is 0 Å². The van der Waals surface area contributed by atoms with Crippen LogP contribution in [0.5, 0.6) is 5.75 Å². The van der Waals surface area contributed by atoms with Crippen LogP contribution >= 0.6 is 0 Å². The highest BCUT2D eigenvalue weighted by Gasteiger charge is 2.33. The van der Waals surface area contributed by atoms with Crippen molar-refractivity contribution in [2.75, 3.05) is 32.1 Å². The highest BCUT2D eigenvalue weighted by atomic mass is 16.5. The Bertz CT molecular complexity index is 834. The zero-order valence-electron chi connectivity index (χ0n) is 15.0. The molecule has 6 nitrogen and oxygen atoms in total. The molecule has 1 aromatic carbocycles. The summed E-state index contributed by atoms with van der Waals surface area (Å²) < 4.78 is 7.39. The van der Waals surface area contributed by atoms with E-state index in [0.717, 1.165) is 11.4 Å². The molecule has 1 fully saturated rings. The molecule has 0 N–H and O–H groups in total. The quantitative estimate of drug-likeness (QED) is 0.849. The van der Waals surface area contributed by atoms with Crippen LogP contribution in [0.15, 0.2) is 41.2 Å². The molecular weight excluding hydrogens is 318 g/mol. The first kappa shape index (κ1) is 17.1. The topological polar surface area (TPSA) is 54.8 Å². The van der Waals surface area contributed by atoms with Crippen LogP contribution in [-0.4, -0.2) is 48.7 Å². The molecule has 3 rings (SSSR count). The number of ether oxygens (including phenoxy) is 1. The molecular formula is C19H23N3O3. The molecule has 0 bridgehead atoms. The van der Waals surface area contributed by atoms with Gasteiger partial charge in [0.1, 0.15) is 11.9 Å². The highest BCUT2D eigenvalue weighted by molar-refractivity contribution is 5.95. The van der Waals surface area contributed by atoms with E-state index in [4.69, 9.17) is 4.74 Å². The molecule has 2 aromatic rings. The average Bonchev–Trinajstić information content (AvgIpc) is 2.55. The molecule has 1 saturated heterocycles. The van der Waals surface area contributed by atoms with E-state index in [9.17, 15) is 9.59 Å². The Morgan fingerprint density at radius 2 is 1.80 bits per heavy atom. The molecule has 1 aliphatic heterocycles. The fourth-order valence-corrected chi connectivity index (χ4v) is 2.76. The summed E-state index contributed by atoms with van der Waals surface area (Å²) in [5.41, 5.74) is 2.48. The molecule has 25 heavy (non-hydrogen) atoms. The number of pyridine rings is 1. The van der Waals surface area contributed by atoms with E-state index >= 15 is 0 Å². The van der Waals surface area contributed by atoms with Crippen molar-refractivity contribution < 1.29 is 9.53 Å². The smallest absolute Gasteiger partial charge is 0.254 e. The van der Waals surface area contributed by atoms with Gasteiger partial charge in [-0.2, -0.15) is 0 Å². The summed E-state index contributed by atoms with van der Waals surface area (Å²) in [5.74, 6) is 0.568. The van der Waals surface area contributed by atoms with E-state index in [1.54, 1.807) is 16.5 Å². The largest absolute Gasteiger partial charge is 0.486 e. The summed E-state index contributed by atoms with van der Waals surface area (Å²) in [4.78, 5) is 28.0. The first-order valence-corrected chi connectivity index (χ1v) is 8.26. The van der Waals surface area contributed by atoms with Crippen LogP contribution in [0.1, 0.15) is 16.1 Å². The van der Waals surface area contributed by atoms with Crippen LogP contribution < -0.4 is 15.2 Å². The van der Waals surface area contributed by atoms with Crippen molar-refractivity contribution in [3.63, 3.8) is 0 Å². The molecule has 2 heterocycles. The minimum absolute atomic E-state index is 0.00492. The standard InChI is InChI=1S/C19H23N3O3/c1-13-9-16(10-18(23)21(13)4)25-17-11-22(12-17)19(24)14-5-7-15(8-6-14)20(2)3/h5-10,17H,11-12H2,1-4H3. The molecule has 1 amide bonds. The third kappa shape index (κ3) is 3.52. The maximum atomic E-state index is 12.5. The maximum absolute atomic E-state index is 12.5. The van der Waals surface area contributed by atoms with E-state index in [-0.39, 0.29) is 17.6 Å². The highest BCUT2D eigenvalue weighted by Crippen LogP contribution is 2.21. The first-order valence-electron chi connectivity index (χ1n) is 8.26. The van der Waals surface area contributed by atoms with E-state index < -0.39 is 0 Å². The Labute approximate surface area is 147 Å². The first-order chi connectivity index (χ1) is 11.8. The van der Waals surface area contributed by atoms with Gasteiger partial charge in [0.05, 0.1) is 13.1 Å². The van der Waals surface area contributed by atoms with Gasteiger partial charge in [0, 0.05) is 44.2 Å². The van der Waals surface area contributed by atoms with Crippen molar-refractivity contribution in [2.24, 2.45) is 7.05 Å². The molecule has 1 aromatic heterocycles. The van der Waals surface area contributed by atoms with Crippen LogP contribution in [-0.2, 0) is 7.05 Å². The number of aryl methyl sites for hydroxylation is 1. The molecule has 6 heteroatoms. The molecule has 1 aliphatic rings. The summed E-state index contributed by atoms with van der Waals surface area (Å²) >= 11 is 0. The van der Waals surface area contributed by atoms with E-state index in [2.05, 4.69) is 0 Å². The molecule has 132 valence electrons. The van der Waals surface area contributed by atoms with Crippen LogP contribution in [0.2, 0.25) is 0 Å². The lowest BCUT2D eigenvalue weighted by molar-refractivity contribution is 0.0176. The maximum Gasteiger partial charge on any atom is 0.254 e. The number of nitrogens with zero attached hydrogens (tertiary/aromatic N) is 3. The lowest BCUT2D eigenvalue weighted by Crippen LogP contribution is -2.56. The van der Waals surface area contributed by atoms with Crippen LogP contribution in [0.3, 0.4) is 0 Å². The molecule has 0 spiro atoms. The van der Waals surface area contributed by atoms with Gasteiger partial charge >= 0.3 is 0 Å². The Kier molecular flexibility index (Phi) is 4.53. The Morgan fingerprint density at radius 3 is 2.36 bits per heavy atom. The van der Waals surface area contributed by atoms with E-state index in [1.165, 1.54) is 6.07 Å². The predicted octanol–water partition coefficient (Wildman–Crippen LogP) is 1.66. The van der Waals surface area contributed by atoms with Gasteiger partial charge in [-0.1, -0.05) is 0 Å². The van der Waals surface area contributed by atoms with Gasteiger partial charge in [0.15, 0.2) is 0 Å². The molecule has 0 unspecified atom stereocenters. The van der Waals surface area contributed by atoms with Gasteiger partial charge < -0.3 is 19.1 Å². The summed E-state index contributed by atoms with van der Waals surface area (Å²) in [6.07, 6.45) is -0.0727. The van der Waals surface area contributed by atoms with E-state index in [1.807, 2.05) is 56.3 Å². The number of hydrogen-bond acceptors (Lipinski definition) is 4. The van der Waals surface area contributed by atoms with Crippen LogP contribution in [0.25, 0.3) is 0 Å². The van der Waals surface area contributed by atoms with Gasteiger partial charge in [0.25, 0.3) is 11.5 Å². The zero-order valence-corrected chi connectivity index (χ0v) is 15.0. The third-order valence-electron chi connectivity index (χ3n) is 4.55. The van der Waals surface area contributed by atoms with Crippen molar-refractivity contribution in [3.05, 3.63) is 58.0 Å². The summed E-state index contributed by atoms with van der Waals surface area (Å²) in [5, 5.41) is 0. The van der Waals surface area contributed by atoms with Crippen LogP contribution in [0, 0.1) is 6.92 Å². The average molecular weight is 341 g/mol. The lowest BCUT2D eigenvalue weighted by Gasteiger charge is -2.39. The monoisotopic (exact) mass is 341 g/mol. The zero-order chi connectivity index (χ0) is 18.1. The molecule has 0 aliphatic carbocycles. The molecule has 0 atom stereocenters. The number of likely N-dealkylation sites (tertiary alicyclic amines) is 1. The van der Waals surface area contributed by atoms with Crippen LogP contribution in [0.4, 0.5) is 5.69 Å². The number of rotatable bonds is 4.